The van der Waals surface area contributed by atoms with Gasteiger partial charge in [-0.05, 0) is 24.6 Å². The topological polar surface area (TPSA) is 131 Å². The number of ether oxygens (including phenoxy) is 1. The normalized spacial score (nSPS) is 11.8. The zero-order chi connectivity index (χ0) is 20.1. The molecule has 2 amide bonds. The van der Waals surface area contributed by atoms with Crippen molar-refractivity contribution in [2.45, 2.75) is 13.0 Å². The number of nitrogens with one attached hydrogen (secondary N) is 2. The molecule has 3 rings (SSSR count). The van der Waals surface area contributed by atoms with Gasteiger partial charge >= 0.3 is 5.63 Å². The minimum atomic E-state index is -1.14. The summed E-state index contributed by atoms with van der Waals surface area (Å²) in [5.74, 6) is -0.864. The molecule has 1 atom stereocenters. The minimum Gasteiger partial charge on any atom is -0.484 e. The van der Waals surface area contributed by atoms with E-state index >= 15 is 0 Å². The molecule has 146 valence electrons. The standard InChI is InChI=1S/C18H17N3O6S/c1-10-6-16(24)27-14-7-11(2-3-12(10)14)26-9-15(23)20-13(8-22)17(25)21-18-19-4-5-28-18/h2-7,13,22H,8-9H2,1H3,(H,20,23)(H,19,21,25)/t13-/m0/s1. The molecule has 0 spiro atoms. The van der Waals surface area contributed by atoms with Gasteiger partial charge in [0.2, 0.25) is 0 Å². The summed E-state index contributed by atoms with van der Waals surface area (Å²) in [6, 6.07) is 5.12. The Balaban J connectivity index is 1.59. The van der Waals surface area contributed by atoms with Gasteiger partial charge < -0.3 is 24.9 Å². The van der Waals surface area contributed by atoms with Crippen LogP contribution in [0.2, 0.25) is 0 Å². The number of thiazole rings is 1. The molecule has 2 heterocycles. The molecule has 10 heteroatoms. The molecule has 0 aliphatic rings. The van der Waals surface area contributed by atoms with Crippen molar-refractivity contribution in [1.82, 2.24) is 10.3 Å². The van der Waals surface area contributed by atoms with Crippen LogP contribution in [-0.2, 0) is 9.59 Å². The highest BCUT2D eigenvalue weighted by Gasteiger charge is 2.21. The molecule has 9 nitrogen and oxygen atoms in total. The second kappa shape index (κ2) is 8.63. The molecule has 0 saturated carbocycles. The lowest BCUT2D eigenvalue weighted by Crippen LogP contribution is -2.47. The Labute approximate surface area is 163 Å². The number of rotatable bonds is 7. The first kappa shape index (κ1) is 19.5. The fraction of sp³-hybridized carbons (Fsp3) is 0.222. The summed E-state index contributed by atoms with van der Waals surface area (Å²) in [7, 11) is 0. The highest BCUT2D eigenvalue weighted by molar-refractivity contribution is 7.13. The largest absolute Gasteiger partial charge is 0.484 e. The van der Waals surface area contributed by atoms with Crippen molar-refractivity contribution in [2.75, 3.05) is 18.5 Å². The van der Waals surface area contributed by atoms with Crippen LogP contribution in [0.5, 0.6) is 5.75 Å². The van der Waals surface area contributed by atoms with Gasteiger partial charge in [0, 0.05) is 29.1 Å². The third kappa shape index (κ3) is 4.72. The van der Waals surface area contributed by atoms with E-state index in [1.807, 2.05) is 0 Å². The fourth-order valence-electron chi connectivity index (χ4n) is 2.45. The van der Waals surface area contributed by atoms with E-state index in [9.17, 15) is 19.5 Å². The Hall–Kier alpha value is -3.24. The van der Waals surface area contributed by atoms with E-state index < -0.39 is 30.1 Å². The van der Waals surface area contributed by atoms with Crippen LogP contribution in [0, 0.1) is 6.92 Å². The van der Waals surface area contributed by atoms with E-state index in [1.54, 1.807) is 24.4 Å². The van der Waals surface area contributed by atoms with Crippen molar-refractivity contribution in [1.29, 1.82) is 0 Å². The van der Waals surface area contributed by atoms with E-state index in [1.165, 1.54) is 29.7 Å². The second-order valence-corrected chi connectivity index (χ2v) is 6.72. The van der Waals surface area contributed by atoms with Gasteiger partial charge in [-0.1, -0.05) is 0 Å². The maximum absolute atomic E-state index is 12.1. The quantitative estimate of drug-likeness (QED) is 0.503. The zero-order valence-electron chi connectivity index (χ0n) is 14.8. The molecule has 0 aliphatic carbocycles. The Bertz CT molecular complexity index is 1050. The summed E-state index contributed by atoms with van der Waals surface area (Å²) in [4.78, 5) is 39.5. The van der Waals surface area contributed by atoms with E-state index in [-0.39, 0.29) is 6.61 Å². The molecule has 3 aromatic rings. The first-order valence-corrected chi connectivity index (χ1v) is 9.12. The van der Waals surface area contributed by atoms with Crippen LogP contribution in [0.3, 0.4) is 0 Å². The number of aromatic nitrogens is 1. The van der Waals surface area contributed by atoms with Crippen molar-refractivity contribution in [3.05, 3.63) is 51.8 Å². The number of nitrogens with zero attached hydrogens (tertiary/aromatic N) is 1. The summed E-state index contributed by atoms with van der Waals surface area (Å²) in [5, 5.41) is 17.0. The highest BCUT2D eigenvalue weighted by atomic mass is 32.1. The predicted molar refractivity (Wildman–Crippen MR) is 102 cm³/mol. The summed E-state index contributed by atoms with van der Waals surface area (Å²) < 4.78 is 10.5. The summed E-state index contributed by atoms with van der Waals surface area (Å²) in [6.07, 6.45) is 1.52. The predicted octanol–water partition coefficient (Wildman–Crippen LogP) is 1.05. The van der Waals surface area contributed by atoms with Gasteiger partial charge in [0.15, 0.2) is 11.7 Å². The van der Waals surface area contributed by atoms with Gasteiger partial charge in [-0.3, -0.25) is 9.59 Å². The van der Waals surface area contributed by atoms with Crippen molar-refractivity contribution in [2.24, 2.45) is 0 Å². The number of aliphatic hydroxyl groups excluding tert-OH is 1. The van der Waals surface area contributed by atoms with Crippen LogP contribution in [0.4, 0.5) is 5.13 Å². The van der Waals surface area contributed by atoms with E-state index in [0.717, 1.165) is 10.9 Å². The van der Waals surface area contributed by atoms with Crippen LogP contribution in [0.25, 0.3) is 11.0 Å². The van der Waals surface area contributed by atoms with Crippen molar-refractivity contribution in [3.63, 3.8) is 0 Å². The Morgan fingerprint density at radius 2 is 2.18 bits per heavy atom. The summed E-state index contributed by atoms with van der Waals surface area (Å²) in [5.41, 5.74) is 0.642. The van der Waals surface area contributed by atoms with E-state index in [2.05, 4.69) is 15.6 Å². The van der Waals surface area contributed by atoms with Crippen LogP contribution < -0.4 is 21.0 Å². The first-order valence-electron chi connectivity index (χ1n) is 8.24. The van der Waals surface area contributed by atoms with E-state index in [4.69, 9.17) is 9.15 Å². The molecule has 0 unspecified atom stereocenters. The lowest BCUT2D eigenvalue weighted by atomic mass is 10.1. The molecule has 0 aliphatic heterocycles. The Kier molecular flexibility index (Phi) is 6.02. The number of aliphatic hydroxyl groups is 1. The summed E-state index contributed by atoms with van der Waals surface area (Å²) in [6.45, 7) is 0.824. The lowest BCUT2D eigenvalue weighted by Gasteiger charge is -2.15. The molecular formula is C18H17N3O6S. The van der Waals surface area contributed by atoms with Crippen LogP contribution >= 0.6 is 11.3 Å². The molecular weight excluding hydrogens is 386 g/mol. The Morgan fingerprint density at radius 3 is 2.89 bits per heavy atom. The molecule has 2 aromatic heterocycles. The van der Waals surface area contributed by atoms with E-state index in [0.29, 0.717) is 16.5 Å². The van der Waals surface area contributed by atoms with Gasteiger partial charge in [0.1, 0.15) is 17.4 Å². The maximum atomic E-state index is 12.1. The molecule has 0 saturated heterocycles. The van der Waals surface area contributed by atoms with Crippen LogP contribution in [0.1, 0.15) is 5.56 Å². The number of anilines is 1. The number of benzene rings is 1. The van der Waals surface area contributed by atoms with Crippen LogP contribution in [-0.4, -0.2) is 41.2 Å². The van der Waals surface area contributed by atoms with Gasteiger partial charge in [-0.2, -0.15) is 0 Å². The molecule has 0 bridgehead atoms. The van der Waals surface area contributed by atoms with Crippen molar-refractivity contribution in [3.8, 4) is 5.75 Å². The Morgan fingerprint density at radius 1 is 1.36 bits per heavy atom. The number of fused-ring (bicyclic) bond motifs is 1. The molecule has 28 heavy (non-hydrogen) atoms. The van der Waals surface area contributed by atoms with Gasteiger partial charge in [0.25, 0.3) is 11.8 Å². The second-order valence-electron chi connectivity index (χ2n) is 5.82. The first-order chi connectivity index (χ1) is 13.5. The summed E-state index contributed by atoms with van der Waals surface area (Å²) >= 11 is 1.22. The average molecular weight is 403 g/mol. The van der Waals surface area contributed by atoms with Gasteiger partial charge in [-0.25, -0.2) is 9.78 Å². The molecule has 1 aromatic carbocycles. The number of amides is 2. The van der Waals surface area contributed by atoms with Gasteiger partial charge in [0.05, 0.1) is 6.61 Å². The highest BCUT2D eigenvalue weighted by Crippen LogP contribution is 2.22. The van der Waals surface area contributed by atoms with Crippen molar-refractivity contribution >= 4 is 39.3 Å². The van der Waals surface area contributed by atoms with Crippen LogP contribution in [0.15, 0.2) is 45.1 Å². The monoisotopic (exact) mass is 403 g/mol. The van der Waals surface area contributed by atoms with Gasteiger partial charge in [-0.15, -0.1) is 11.3 Å². The molecule has 3 N–H and O–H groups in total. The number of hydrogen-bond donors (Lipinski definition) is 3. The van der Waals surface area contributed by atoms with Crippen molar-refractivity contribution < 1.29 is 23.8 Å². The third-order valence-electron chi connectivity index (χ3n) is 3.79. The molecule has 0 radical (unpaired) electrons. The smallest absolute Gasteiger partial charge is 0.336 e. The average Bonchev–Trinajstić information content (AvgIpc) is 3.16. The minimum absolute atomic E-state index is 0.323. The fourth-order valence-corrected chi connectivity index (χ4v) is 2.98. The SMILES string of the molecule is Cc1cc(=O)oc2cc(OCC(=O)N[C@@H](CO)C(=O)Nc3nccs3)ccc12. The lowest BCUT2D eigenvalue weighted by molar-refractivity contribution is -0.128. The number of carbonyl (C=O) groups is 2. The maximum Gasteiger partial charge on any atom is 0.336 e. The number of hydrogen-bond acceptors (Lipinski definition) is 8. The number of carbonyl (C=O) groups excluding carboxylic acids is 2. The third-order valence-corrected chi connectivity index (χ3v) is 4.48. The zero-order valence-corrected chi connectivity index (χ0v) is 15.6. The molecule has 0 fully saturated rings. The number of aryl methyl sites for hydroxylation is 1.